The fourth-order valence-corrected chi connectivity index (χ4v) is 2.28. The quantitative estimate of drug-likeness (QED) is 0.605. The van der Waals surface area contributed by atoms with Crippen LogP contribution in [0.2, 0.25) is 0 Å². The van der Waals surface area contributed by atoms with E-state index in [4.69, 9.17) is 0 Å². The summed E-state index contributed by atoms with van der Waals surface area (Å²) in [5, 5.41) is 9.22. The zero-order valence-electron chi connectivity index (χ0n) is 6.89. The molecule has 0 fully saturated rings. The maximum atomic E-state index is 9.22. The Morgan fingerprint density at radius 3 is 1.89 bits per heavy atom. The molecule has 0 bridgehead atoms. The van der Waals surface area contributed by atoms with Crippen molar-refractivity contribution in [3.8, 4) is 0 Å². The fraction of sp³-hybridized carbons (Fsp3) is 1.00. The Hall–Kier alpha value is 0.390. The second-order valence-corrected chi connectivity index (χ2v) is 8.48. The number of aliphatic hydroxyl groups excluding tert-OH is 1. The smallest absolute Gasteiger partial charge is 0.0872 e. The van der Waals surface area contributed by atoms with E-state index in [-0.39, 0.29) is 6.10 Å². The van der Waals surface area contributed by atoms with Gasteiger partial charge in [-0.05, 0) is 6.42 Å². The Morgan fingerprint density at radius 1 is 1.33 bits per heavy atom. The topological polar surface area (TPSA) is 20.2 Å². The molecule has 0 aromatic carbocycles. The van der Waals surface area contributed by atoms with Gasteiger partial charge in [-0.15, -0.1) is 0 Å². The second kappa shape index (κ2) is 3.53. The third-order valence-corrected chi connectivity index (χ3v) is 2.75. The van der Waals surface area contributed by atoms with E-state index in [1.165, 1.54) is 0 Å². The van der Waals surface area contributed by atoms with E-state index in [1.54, 1.807) is 0 Å². The Labute approximate surface area is 58.8 Å². The zero-order valence-corrected chi connectivity index (χ0v) is 7.78. The summed E-state index contributed by atoms with van der Waals surface area (Å²) in [4.78, 5) is 0. The zero-order chi connectivity index (χ0) is 7.49. The molecule has 0 amide bonds. The van der Waals surface area contributed by atoms with Gasteiger partial charge in [0.1, 0.15) is 0 Å². The minimum absolute atomic E-state index is 0.0571. The molecule has 56 valence electrons. The predicted molar refractivity (Wildman–Crippen MR) is 45.9 cm³/mol. The molecular weight excluding hydrogens is 131 g/mol. The van der Waals surface area contributed by atoms with Gasteiger partial charge in [-0.2, -0.15) is 0 Å². The normalized spacial score (nSPS) is 15.7. The number of hydrogen-bond donors (Lipinski definition) is 1. The third kappa shape index (κ3) is 6.27. The summed E-state index contributed by atoms with van der Waals surface area (Å²) in [6.45, 7) is 8.80. The SMILES string of the molecule is CCC(O)C[P+](C)(C)C. The van der Waals surface area contributed by atoms with Crippen molar-refractivity contribution in [2.45, 2.75) is 19.4 Å². The van der Waals surface area contributed by atoms with Crippen LogP contribution in [0.5, 0.6) is 0 Å². The van der Waals surface area contributed by atoms with Crippen LogP contribution in [-0.2, 0) is 0 Å². The molecule has 2 heteroatoms. The van der Waals surface area contributed by atoms with Gasteiger partial charge in [-0.25, -0.2) is 0 Å². The van der Waals surface area contributed by atoms with Crippen molar-refractivity contribution < 1.29 is 5.11 Å². The predicted octanol–water partition coefficient (Wildman–Crippen LogP) is 1.66. The Bertz CT molecular complexity index is 75.5. The summed E-state index contributed by atoms with van der Waals surface area (Å²) in [6, 6.07) is 0. The van der Waals surface area contributed by atoms with Crippen molar-refractivity contribution in [1.29, 1.82) is 0 Å². The molecule has 0 saturated heterocycles. The van der Waals surface area contributed by atoms with E-state index in [2.05, 4.69) is 20.0 Å². The molecule has 0 aliphatic rings. The van der Waals surface area contributed by atoms with E-state index in [9.17, 15) is 5.11 Å². The summed E-state index contributed by atoms with van der Waals surface area (Å²) >= 11 is 0. The maximum absolute atomic E-state index is 9.22. The van der Waals surface area contributed by atoms with Gasteiger partial charge < -0.3 is 5.11 Å². The van der Waals surface area contributed by atoms with Crippen LogP contribution in [0.25, 0.3) is 0 Å². The first-order valence-electron chi connectivity index (χ1n) is 3.44. The van der Waals surface area contributed by atoms with Gasteiger partial charge in [-0.1, -0.05) is 6.92 Å². The second-order valence-electron chi connectivity index (χ2n) is 3.53. The maximum Gasteiger partial charge on any atom is 0.0872 e. The molecule has 1 nitrogen and oxygen atoms in total. The minimum Gasteiger partial charge on any atom is -0.389 e. The summed E-state index contributed by atoms with van der Waals surface area (Å²) in [6.07, 6.45) is 1.86. The molecule has 9 heavy (non-hydrogen) atoms. The highest BCUT2D eigenvalue weighted by molar-refractivity contribution is 7.73. The monoisotopic (exact) mass is 149 g/mol. The molecule has 0 rings (SSSR count). The van der Waals surface area contributed by atoms with Crippen molar-refractivity contribution in [2.75, 3.05) is 26.2 Å². The summed E-state index contributed by atoms with van der Waals surface area (Å²) in [5.41, 5.74) is 0. The first-order chi connectivity index (χ1) is 3.95. The van der Waals surface area contributed by atoms with Crippen molar-refractivity contribution in [1.82, 2.24) is 0 Å². The molecule has 0 aromatic rings. The van der Waals surface area contributed by atoms with E-state index in [0.717, 1.165) is 12.6 Å². The highest BCUT2D eigenvalue weighted by atomic mass is 31.2. The molecule has 0 aliphatic heterocycles. The van der Waals surface area contributed by atoms with Crippen LogP contribution in [0.4, 0.5) is 0 Å². The number of hydrogen-bond acceptors (Lipinski definition) is 1. The third-order valence-electron chi connectivity index (χ3n) is 1.23. The van der Waals surface area contributed by atoms with Gasteiger partial charge in [0.25, 0.3) is 0 Å². The molecule has 0 heterocycles. The highest BCUT2D eigenvalue weighted by Gasteiger charge is 2.20. The highest BCUT2D eigenvalue weighted by Crippen LogP contribution is 2.46. The van der Waals surface area contributed by atoms with E-state index < -0.39 is 7.26 Å². The van der Waals surface area contributed by atoms with Crippen LogP contribution < -0.4 is 0 Å². The van der Waals surface area contributed by atoms with Gasteiger partial charge in [0.05, 0.1) is 12.3 Å². The fourth-order valence-electron chi connectivity index (χ4n) is 0.761. The first-order valence-corrected chi connectivity index (χ1v) is 6.76. The van der Waals surface area contributed by atoms with Crippen molar-refractivity contribution >= 4 is 7.26 Å². The molecule has 0 radical (unpaired) electrons. The van der Waals surface area contributed by atoms with Crippen molar-refractivity contribution in [2.24, 2.45) is 0 Å². The largest absolute Gasteiger partial charge is 0.389 e. The standard InChI is InChI=1S/C7H18OP/c1-5-7(8)6-9(2,3)4/h7-8H,5-6H2,1-4H3/q+1. The van der Waals surface area contributed by atoms with Gasteiger partial charge in [0.2, 0.25) is 0 Å². The average Bonchev–Trinajstić information content (AvgIpc) is 1.62. The van der Waals surface area contributed by atoms with Gasteiger partial charge in [0, 0.05) is 27.3 Å². The average molecular weight is 149 g/mol. The molecule has 0 spiro atoms. The Balaban J connectivity index is 3.47. The van der Waals surface area contributed by atoms with Crippen LogP contribution in [0, 0.1) is 0 Å². The van der Waals surface area contributed by atoms with Crippen LogP contribution in [-0.4, -0.2) is 37.4 Å². The first kappa shape index (κ1) is 9.39. The lowest BCUT2D eigenvalue weighted by atomic mass is 10.3. The molecule has 0 saturated carbocycles. The molecular formula is C7H18OP+. The lowest BCUT2D eigenvalue weighted by molar-refractivity contribution is 0.194. The van der Waals surface area contributed by atoms with Gasteiger partial charge in [0.15, 0.2) is 0 Å². The molecule has 1 N–H and O–H groups in total. The van der Waals surface area contributed by atoms with Gasteiger partial charge >= 0.3 is 0 Å². The Kier molecular flexibility index (Phi) is 3.68. The minimum atomic E-state index is -0.738. The van der Waals surface area contributed by atoms with Crippen LogP contribution in [0.1, 0.15) is 13.3 Å². The lowest BCUT2D eigenvalue weighted by Gasteiger charge is -2.14. The van der Waals surface area contributed by atoms with Crippen LogP contribution in [0.15, 0.2) is 0 Å². The van der Waals surface area contributed by atoms with E-state index >= 15 is 0 Å². The Morgan fingerprint density at radius 2 is 1.78 bits per heavy atom. The molecule has 1 atom stereocenters. The number of rotatable bonds is 3. The van der Waals surface area contributed by atoms with E-state index in [0.29, 0.717) is 0 Å². The molecule has 0 aromatic heterocycles. The van der Waals surface area contributed by atoms with Gasteiger partial charge in [-0.3, -0.25) is 0 Å². The van der Waals surface area contributed by atoms with Crippen molar-refractivity contribution in [3.05, 3.63) is 0 Å². The number of aliphatic hydroxyl groups is 1. The van der Waals surface area contributed by atoms with E-state index in [1.807, 2.05) is 6.92 Å². The lowest BCUT2D eigenvalue weighted by Crippen LogP contribution is -2.12. The molecule has 0 aliphatic carbocycles. The summed E-state index contributed by atoms with van der Waals surface area (Å²) < 4.78 is 0. The van der Waals surface area contributed by atoms with Crippen LogP contribution >= 0.6 is 7.26 Å². The molecule has 1 unspecified atom stereocenters. The summed E-state index contributed by atoms with van der Waals surface area (Å²) in [7, 11) is -0.738. The van der Waals surface area contributed by atoms with Crippen LogP contribution in [0.3, 0.4) is 0 Å². The van der Waals surface area contributed by atoms with Crippen molar-refractivity contribution in [3.63, 3.8) is 0 Å². The summed E-state index contributed by atoms with van der Waals surface area (Å²) in [5.74, 6) is 0.